The number of aromatic nitrogens is 1. The van der Waals surface area contributed by atoms with Crippen molar-refractivity contribution >= 4 is 34.5 Å². The van der Waals surface area contributed by atoms with Gasteiger partial charge in [0.1, 0.15) is 10.6 Å². The van der Waals surface area contributed by atoms with E-state index in [9.17, 15) is 4.79 Å². The fourth-order valence-corrected chi connectivity index (χ4v) is 4.48. The van der Waals surface area contributed by atoms with E-state index < -0.39 is 0 Å². The summed E-state index contributed by atoms with van der Waals surface area (Å²) in [5, 5.41) is 4.87. The van der Waals surface area contributed by atoms with Crippen LogP contribution in [0.15, 0.2) is 18.2 Å². The number of aryl methyl sites for hydroxylation is 2. The first-order chi connectivity index (χ1) is 12.5. The van der Waals surface area contributed by atoms with Gasteiger partial charge in [-0.05, 0) is 44.4 Å². The molecule has 1 aliphatic heterocycles. The summed E-state index contributed by atoms with van der Waals surface area (Å²) in [4.78, 5) is 20.1. The van der Waals surface area contributed by atoms with Gasteiger partial charge in [0.25, 0.3) is 5.91 Å². The van der Waals surface area contributed by atoms with Crippen LogP contribution in [0.4, 0.5) is 5.69 Å². The lowest BCUT2D eigenvalue weighted by Gasteiger charge is -2.21. The highest BCUT2D eigenvalue weighted by atomic mass is 35.5. The summed E-state index contributed by atoms with van der Waals surface area (Å²) in [5.41, 5.74) is 1.79. The van der Waals surface area contributed by atoms with Crippen molar-refractivity contribution in [3.63, 3.8) is 0 Å². The Labute approximate surface area is 163 Å². The third-order valence-corrected chi connectivity index (χ3v) is 5.97. The van der Waals surface area contributed by atoms with Crippen LogP contribution in [0.1, 0.15) is 40.1 Å². The van der Waals surface area contributed by atoms with Gasteiger partial charge in [0, 0.05) is 24.2 Å². The Balaban J connectivity index is 1.66. The second-order valence-electron chi connectivity index (χ2n) is 6.49. The Kier molecular flexibility index (Phi) is 6.04. The molecule has 2 heterocycles. The van der Waals surface area contributed by atoms with Gasteiger partial charge in [-0.3, -0.25) is 4.79 Å². The maximum absolute atomic E-state index is 12.7. The van der Waals surface area contributed by atoms with Crippen LogP contribution in [0.3, 0.4) is 0 Å². The summed E-state index contributed by atoms with van der Waals surface area (Å²) in [7, 11) is 1.66. The standard InChI is InChI=1S/C19H24ClN3O2S/c1-4-5-17-21-12(2)18(26-17)19(24)22-14-8-9-23(11-14)15-10-13(20)6-7-16(15)25-3/h6-7,10,14H,4-5,8-9,11H2,1-3H3,(H,22,24). The monoisotopic (exact) mass is 393 g/mol. The second-order valence-corrected chi connectivity index (χ2v) is 8.01. The molecule has 5 nitrogen and oxygen atoms in total. The summed E-state index contributed by atoms with van der Waals surface area (Å²) in [6.45, 7) is 5.61. The predicted molar refractivity (Wildman–Crippen MR) is 107 cm³/mol. The molecule has 1 aliphatic rings. The first-order valence-corrected chi connectivity index (χ1v) is 10.1. The van der Waals surface area contributed by atoms with Crippen LogP contribution in [0, 0.1) is 6.92 Å². The molecule has 1 fully saturated rings. The second kappa shape index (κ2) is 8.27. The number of hydrogen-bond donors (Lipinski definition) is 1. The van der Waals surface area contributed by atoms with E-state index in [1.807, 2.05) is 25.1 Å². The maximum Gasteiger partial charge on any atom is 0.263 e. The van der Waals surface area contributed by atoms with Crippen molar-refractivity contribution in [2.45, 2.75) is 39.2 Å². The Morgan fingerprint density at radius 2 is 2.31 bits per heavy atom. The zero-order chi connectivity index (χ0) is 18.7. The average Bonchev–Trinajstić information content (AvgIpc) is 3.22. The third-order valence-electron chi connectivity index (χ3n) is 4.52. The summed E-state index contributed by atoms with van der Waals surface area (Å²) in [6.07, 6.45) is 2.85. The number of thiazole rings is 1. The maximum atomic E-state index is 12.7. The number of methoxy groups -OCH3 is 1. The highest BCUT2D eigenvalue weighted by Gasteiger charge is 2.27. The number of carbonyl (C=O) groups is 1. The van der Waals surface area contributed by atoms with Gasteiger partial charge in [-0.25, -0.2) is 4.98 Å². The topological polar surface area (TPSA) is 54.5 Å². The molecular weight excluding hydrogens is 370 g/mol. The fraction of sp³-hybridized carbons (Fsp3) is 0.474. The number of rotatable bonds is 6. The van der Waals surface area contributed by atoms with Gasteiger partial charge in [-0.1, -0.05) is 18.5 Å². The number of hydrogen-bond acceptors (Lipinski definition) is 5. The highest BCUT2D eigenvalue weighted by Crippen LogP contribution is 2.33. The van der Waals surface area contributed by atoms with E-state index >= 15 is 0 Å². The fourth-order valence-electron chi connectivity index (χ4n) is 3.24. The van der Waals surface area contributed by atoms with Gasteiger partial charge in [0.05, 0.1) is 23.5 Å². The van der Waals surface area contributed by atoms with Crippen molar-refractivity contribution in [2.75, 3.05) is 25.1 Å². The molecule has 0 saturated carbocycles. The molecule has 26 heavy (non-hydrogen) atoms. The lowest BCUT2D eigenvalue weighted by molar-refractivity contribution is 0.0943. The minimum Gasteiger partial charge on any atom is -0.495 e. The molecule has 1 unspecified atom stereocenters. The average molecular weight is 394 g/mol. The molecule has 0 bridgehead atoms. The van der Waals surface area contributed by atoms with E-state index in [2.05, 4.69) is 22.1 Å². The Bertz CT molecular complexity index is 793. The minimum absolute atomic E-state index is 0.0211. The normalized spacial score (nSPS) is 16.8. The first kappa shape index (κ1) is 19.0. The van der Waals surface area contributed by atoms with Gasteiger partial charge in [-0.15, -0.1) is 11.3 Å². The van der Waals surface area contributed by atoms with Crippen LogP contribution in [0.25, 0.3) is 0 Å². The van der Waals surface area contributed by atoms with Gasteiger partial charge in [0.2, 0.25) is 0 Å². The molecule has 1 N–H and O–H groups in total. The number of nitrogens with zero attached hydrogens (tertiary/aromatic N) is 2. The summed E-state index contributed by atoms with van der Waals surface area (Å²) < 4.78 is 5.45. The molecule has 0 aliphatic carbocycles. The summed E-state index contributed by atoms with van der Waals surface area (Å²) >= 11 is 7.65. The smallest absolute Gasteiger partial charge is 0.263 e. The van der Waals surface area contributed by atoms with Gasteiger partial charge in [-0.2, -0.15) is 0 Å². The van der Waals surface area contributed by atoms with Crippen molar-refractivity contribution in [1.82, 2.24) is 10.3 Å². The van der Waals surface area contributed by atoms with Crippen LogP contribution in [0.5, 0.6) is 5.75 Å². The van der Waals surface area contributed by atoms with E-state index in [1.54, 1.807) is 7.11 Å². The van der Waals surface area contributed by atoms with Crippen LogP contribution < -0.4 is 15.0 Å². The van der Waals surface area contributed by atoms with Gasteiger partial charge < -0.3 is 15.0 Å². The molecule has 1 saturated heterocycles. The third kappa shape index (κ3) is 4.13. The molecule has 1 aromatic heterocycles. The van der Waals surface area contributed by atoms with Crippen molar-refractivity contribution in [3.05, 3.63) is 38.8 Å². The van der Waals surface area contributed by atoms with Crippen LogP contribution in [0.2, 0.25) is 5.02 Å². The SMILES string of the molecule is CCCc1nc(C)c(C(=O)NC2CCN(c3cc(Cl)ccc3OC)C2)s1. The highest BCUT2D eigenvalue weighted by molar-refractivity contribution is 7.13. The predicted octanol–water partition coefficient (Wildman–Crippen LogP) is 4.07. The van der Waals surface area contributed by atoms with Crippen molar-refractivity contribution in [2.24, 2.45) is 0 Å². The number of halogens is 1. The van der Waals surface area contributed by atoms with Crippen LogP contribution >= 0.6 is 22.9 Å². The number of carbonyl (C=O) groups excluding carboxylic acids is 1. The largest absolute Gasteiger partial charge is 0.495 e. The number of ether oxygens (including phenoxy) is 1. The quantitative estimate of drug-likeness (QED) is 0.803. The molecule has 2 aromatic rings. The molecule has 7 heteroatoms. The Morgan fingerprint density at radius 1 is 1.50 bits per heavy atom. The van der Waals surface area contributed by atoms with E-state index in [0.717, 1.165) is 59.4 Å². The molecule has 1 aromatic carbocycles. The minimum atomic E-state index is -0.0211. The van der Waals surface area contributed by atoms with E-state index in [1.165, 1.54) is 11.3 Å². The zero-order valence-corrected chi connectivity index (χ0v) is 16.9. The molecule has 3 rings (SSSR count). The summed E-state index contributed by atoms with van der Waals surface area (Å²) in [5.74, 6) is 0.774. The Morgan fingerprint density at radius 3 is 3.04 bits per heavy atom. The molecule has 0 radical (unpaired) electrons. The Hall–Kier alpha value is -1.79. The van der Waals surface area contributed by atoms with Gasteiger partial charge >= 0.3 is 0 Å². The molecular formula is C19H24ClN3O2S. The van der Waals surface area contributed by atoms with E-state index in [0.29, 0.717) is 5.02 Å². The summed E-state index contributed by atoms with van der Waals surface area (Å²) in [6, 6.07) is 5.70. The number of anilines is 1. The van der Waals surface area contributed by atoms with E-state index in [4.69, 9.17) is 16.3 Å². The van der Waals surface area contributed by atoms with Crippen molar-refractivity contribution in [3.8, 4) is 5.75 Å². The molecule has 1 atom stereocenters. The zero-order valence-electron chi connectivity index (χ0n) is 15.3. The number of benzene rings is 1. The lowest BCUT2D eigenvalue weighted by atomic mass is 10.2. The van der Waals surface area contributed by atoms with Crippen molar-refractivity contribution in [1.29, 1.82) is 0 Å². The molecule has 1 amide bonds. The van der Waals surface area contributed by atoms with Crippen LogP contribution in [-0.2, 0) is 6.42 Å². The van der Waals surface area contributed by atoms with Crippen molar-refractivity contribution < 1.29 is 9.53 Å². The van der Waals surface area contributed by atoms with E-state index in [-0.39, 0.29) is 11.9 Å². The van der Waals surface area contributed by atoms with Crippen LogP contribution in [-0.4, -0.2) is 37.1 Å². The van der Waals surface area contributed by atoms with Gasteiger partial charge in [0.15, 0.2) is 0 Å². The number of nitrogens with one attached hydrogen (secondary N) is 1. The molecule has 140 valence electrons. The number of amides is 1. The first-order valence-electron chi connectivity index (χ1n) is 8.87. The lowest BCUT2D eigenvalue weighted by Crippen LogP contribution is -2.37. The molecule has 0 spiro atoms.